The summed E-state index contributed by atoms with van der Waals surface area (Å²) in [4.78, 5) is 16.1. The molecule has 0 radical (unpaired) electrons. The van der Waals surface area contributed by atoms with Crippen LogP contribution in [0.3, 0.4) is 0 Å². The van der Waals surface area contributed by atoms with E-state index in [2.05, 4.69) is 10.3 Å². The van der Waals surface area contributed by atoms with Gasteiger partial charge in [0.2, 0.25) is 0 Å². The predicted molar refractivity (Wildman–Crippen MR) is 93.8 cm³/mol. The second-order valence-corrected chi connectivity index (χ2v) is 5.79. The number of benzene rings is 2. The molecule has 0 aliphatic rings. The van der Waals surface area contributed by atoms with Gasteiger partial charge in [0, 0.05) is 23.0 Å². The molecule has 6 heteroatoms. The zero-order chi connectivity index (χ0) is 18.7. The number of alkyl halides is 3. The molecule has 132 valence electrons. The Morgan fingerprint density at radius 3 is 2.23 bits per heavy atom. The normalized spacial score (nSPS) is 11.2. The van der Waals surface area contributed by atoms with Gasteiger partial charge in [0.15, 0.2) is 0 Å². The number of hydrogen-bond acceptors (Lipinski definition) is 2. The van der Waals surface area contributed by atoms with Gasteiger partial charge in [-0.2, -0.15) is 13.2 Å². The highest BCUT2D eigenvalue weighted by molar-refractivity contribution is 6.04. The highest BCUT2D eigenvalue weighted by Gasteiger charge is 2.34. The Hall–Kier alpha value is -3.15. The highest BCUT2D eigenvalue weighted by atomic mass is 19.4. The topological polar surface area (TPSA) is 42.0 Å². The van der Waals surface area contributed by atoms with Crippen LogP contribution in [0.1, 0.15) is 21.5 Å². The van der Waals surface area contributed by atoms with Gasteiger partial charge >= 0.3 is 6.18 Å². The molecule has 3 nitrogen and oxygen atoms in total. The van der Waals surface area contributed by atoms with Crippen molar-refractivity contribution >= 4 is 11.6 Å². The second kappa shape index (κ2) is 7.00. The molecule has 0 saturated heterocycles. The molecule has 0 atom stereocenters. The number of carbonyl (C=O) groups is 1. The van der Waals surface area contributed by atoms with E-state index < -0.39 is 11.7 Å². The van der Waals surface area contributed by atoms with Gasteiger partial charge in [-0.1, -0.05) is 29.8 Å². The van der Waals surface area contributed by atoms with Crippen molar-refractivity contribution < 1.29 is 18.0 Å². The Bertz CT molecular complexity index is 917. The average molecular weight is 356 g/mol. The molecular weight excluding hydrogens is 341 g/mol. The number of carbonyl (C=O) groups excluding carboxylic acids is 1. The van der Waals surface area contributed by atoms with Crippen molar-refractivity contribution in [2.75, 3.05) is 5.32 Å². The Morgan fingerprint density at radius 1 is 0.962 bits per heavy atom. The number of halogens is 3. The largest absolute Gasteiger partial charge is 0.418 e. The van der Waals surface area contributed by atoms with E-state index in [9.17, 15) is 18.0 Å². The maximum atomic E-state index is 13.1. The van der Waals surface area contributed by atoms with Crippen LogP contribution in [-0.2, 0) is 6.18 Å². The highest BCUT2D eigenvalue weighted by Crippen LogP contribution is 2.35. The minimum atomic E-state index is -4.49. The third-order valence-electron chi connectivity index (χ3n) is 3.84. The first-order valence-electron chi connectivity index (χ1n) is 7.85. The maximum Gasteiger partial charge on any atom is 0.418 e. The van der Waals surface area contributed by atoms with Crippen LogP contribution in [0.25, 0.3) is 11.3 Å². The molecule has 1 N–H and O–H groups in total. The molecule has 0 aliphatic heterocycles. The van der Waals surface area contributed by atoms with Crippen LogP contribution in [0.4, 0.5) is 18.9 Å². The molecule has 0 fully saturated rings. The van der Waals surface area contributed by atoms with E-state index in [1.54, 1.807) is 12.1 Å². The van der Waals surface area contributed by atoms with Crippen molar-refractivity contribution in [2.24, 2.45) is 0 Å². The van der Waals surface area contributed by atoms with Crippen LogP contribution in [0.5, 0.6) is 0 Å². The van der Waals surface area contributed by atoms with Gasteiger partial charge in [0.1, 0.15) is 0 Å². The predicted octanol–water partition coefficient (Wildman–Crippen LogP) is 5.33. The van der Waals surface area contributed by atoms with Crippen molar-refractivity contribution in [3.05, 3.63) is 83.6 Å². The molecule has 26 heavy (non-hydrogen) atoms. The number of amides is 1. The van der Waals surface area contributed by atoms with Crippen LogP contribution in [-0.4, -0.2) is 10.9 Å². The van der Waals surface area contributed by atoms with E-state index >= 15 is 0 Å². The molecule has 0 bridgehead atoms. The molecule has 0 aliphatic carbocycles. The molecule has 1 aromatic heterocycles. The van der Waals surface area contributed by atoms with E-state index in [1.807, 2.05) is 19.1 Å². The first-order valence-corrected chi connectivity index (χ1v) is 7.85. The summed E-state index contributed by atoms with van der Waals surface area (Å²) in [5.41, 5.74) is 1.39. The lowest BCUT2D eigenvalue weighted by molar-refractivity contribution is -0.137. The summed E-state index contributed by atoms with van der Waals surface area (Å²) >= 11 is 0. The lowest BCUT2D eigenvalue weighted by Gasteiger charge is -2.12. The number of nitrogens with one attached hydrogen (secondary N) is 1. The number of rotatable bonds is 3. The molecule has 0 saturated carbocycles. The fourth-order valence-corrected chi connectivity index (χ4v) is 2.48. The van der Waals surface area contributed by atoms with Crippen molar-refractivity contribution in [3.63, 3.8) is 0 Å². The first kappa shape index (κ1) is 17.7. The maximum absolute atomic E-state index is 13.1. The first-order chi connectivity index (χ1) is 12.3. The third-order valence-corrected chi connectivity index (χ3v) is 3.84. The summed E-state index contributed by atoms with van der Waals surface area (Å²) in [6.07, 6.45) is -3.19. The molecule has 0 unspecified atom stereocenters. The van der Waals surface area contributed by atoms with Gasteiger partial charge in [-0.25, -0.2) is 0 Å². The third kappa shape index (κ3) is 3.91. The van der Waals surface area contributed by atoms with E-state index in [0.29, 0.717) is 16.8 Å². The quantitative estimate of drug-likeness (QED) is 0.689. The van der Waals surface area contributed by atoms with Crippen molar-refractivity contribution in [1.82, 2.24) is 4.98 Å². The molecule has 3 rings (SSSR count). The summed E-state index contributed by atoms with van der Waals surface area (Å²) in [7, 11) is 0. The summed E-state index contributed by atoms with van der Waals surface area (Å²) in [6.45, 7) is 1.94. The summed E-state index contributed by atoms with van der Waals surface area (Å²) in [5, 5.41) is 2.75. The standard InChI is InChI=1S/C20H15F3N2O/c1-13-4-10-16(11-5-13)25-19(26)15-8-6-14(7-9-15)18-17(20(21,22)23)3-2-12-24-18/h2-12H,1H3,(H,25,26). The van der Waals surface area contributed by atoms with Gasteiger partial charge in [-0.3, -0.25) is 9.78 Å². The monoisotopic (exact) mass is 356 g/mol. The van der Waals surface area contributed by atoms with Gasteiger partial charge in [-0.05, 0) is 43.3 Å². The number of anilines is 1. The van der Waals surface area contributed by atoms with E-state index in [-0.39, 0.29) is 11.6 Å². The number of pyridine rings is 1. The fraction of sp³-hybridized carbons (Fsp3) is 0.100. The summed E-state index contributed by atoms with van der Waals surface area (Å²) in [6, 6.07) is 15.4. The van der Waals surface area contributed by atoms with Crippen LogP contribution in [0.2, 0.25) is 0 Å². The summed E-state index contributed by atoms with van der Waals surface area (Å²) < 4.78 is 39.3. The smallest absolute Gasteiger partial charge is 0.322 e. The van der Waals surface area contributed by atoms with Gasteiger partial charge in [0.05, 0.1) is 11.3 Å². The Labute approximate surface area is 148 Å². The SMILES string of the molecule is Cc1ccc(NC(=O)c2ccc(-c3ncccc3C(F)(F)F)cc2)cc1. The lowest BCUT2D eigenvalue weighted by atomic mass is 10.0. The van der Waals surface area contributed by atoms with Crippen molar-refractivity contribution in [1.29, 1.82) is 0 Å². The molecule has 3 aromatic rings. The number of hydrogen-bond donors (Lipinski definition) is 1. The van der Waals surface area contributed by atoms with Crippen LogP contribution < -0.4 is 5.32 Å². The minimum absolute atomic E-state index is 0.162. The van der Waals surface area contributed by atoms with Gasteiger partial charge < -0.3 is 5.32 Å². The van der Waals surface area contributed by atoms with E-state index in [1.165, 1.54) is 36.5 Å². The average Bonchev–Trinajstić information content (AvgIpc) is 2.63. The Morgan fingerprint density at radius 2 is 1.62 bits per heavy atom. The zero-order valence-electron chi connectivity index (χ0n) is 13.8. The molecule has 2 aromatic carbocycles. The fourth-order valence-electron chi connectivity index (χ4n) is 2.48. The van der Waals surface area contributed by atoms with Crippen LogP contribution >= 0.6 is 0 Å². The molecular formula is C20H15F3N2O. The molecule has 0 spiro atoms. The van der Waals surface area contributed by atoms with Gasteiger partial charge in [0.25, 0.3) is 5.91 Å². The van der Waals surface area contributed by atoms with Crippen LogP contribution in [0, 0.1) is 6.92 Å². The van der Waals surface area contributed by atoms with Gasteiger partial charge in [-0.15, -0.1) is 0 Å². The number of aryl methyl sites for hydroxylation is 1. The lowest BCUT2D eigenvalue weighted by Crippen LogP contribution is -2.12. The number of nitrogens with zero attached hydrogens (tertiary/aromatic N) is 1. The second-order valence-electron chi connectivity index (χ2n) is 5.79. The van der Waals surface area contributed by atoms with Crippen molar-refractivity contribution in [2.45, 2.75) is 13.1 Å². The number of aromatic nitrogens is 1. The van der Waals surface area contributed by atoms with Crippen LogP contribution in [0.15, 0.2) is 66.9 Å². The Kier molecular flexibility index (Phi) is 4.75. The van der Waals surface area contributed by atoms with E-state index in [4.69, 9.17) is 0 Å². The van der Waals surface area contributed by atoms with Crippen molar-refractivity contribution in [3.8, 4) is 11.3 Å². The molecule has 1 heterocycles. The molecule has 1 amide bonds. The summed E-state index contributed by atoms with van der Waals surface area (Å²) in [5.74, 6) is -0.336. The van der Waals surface area contributed by atoms with E-state index in [0.717, 1.165) is 11.6 Å². The Balaban J connectivity index is 1.83. The zero-order valence-corrected chi connectivity index (χ0v) is 13.8. The minimum Gasteiger partial charge on any atom is -0.322 e.